The third kappa shape index (κ3) is 8.22. The molecule has 7 heteroatoms. The molecule has 1 aliphatic heterocycles. The number of allylic oxidation sites excluding steroid dienone is 2. The standard InChI is InChI=1S/C26H36O7/c1-16-8-7-9-18(3)25-22(12-10-16)23(15-31-26(25)33-21(6)29)24(32-20(5)28)13-11-17(2)14-30-19(4)27/h8,11,15,22,24-26H,3,7,9-10,12-14H2,1-2,4-6H3/b16-8+,17-11+/t22-,24-,25+,26-/m1/s1. The number of hydrogen-bond acceptors (Lipinski definition) is 7. The van der Waals surface area contributed by atoms with E-state index in [0.29, 0.717) is 6.42 Å². The molecule has 0 saturated heterocycles. The van der Waals surface area contributed by atoms with Crippen molar-refractivity contribution in [3.05, 3.63) is 47.3 Å². The Hall–Kier alpha value is -2.83. The largest absolute Gasteiger partial charge is 0.462 e. The minimum absolute atomic E-state index is 0.0661. The molecule has 0 bridgehead atoms. The molecule has 0 radical (unpaired) electrons. The van der Waals surface area contributed by atoms with E-state index < -0.39 is 24.3 Å². The Morgan fingerprint density at radius 2 is 1.88 bits per heavy atom. The van der Waals surface area contributed by atoms with Crippen molar-refractivity contribution in [3.63, 3.8) is 0 Å². The van der Waals surface area contributed by atoms with E-state index in [9.17, 15) is 14.4 Å². The van der Waals surface area contributed by atoms with E-state index in [-0.39, 0.29) is 24.4 Å². The van der Waals surface area contributed by atoms with Gasteiger partial charge in [-0.25, -0.2) is 0 Å². The van der Waals surface area contributed by atoms with Crippen LogP contribution in [0.5, 0.6) is 0 Å². The highest BCUT2D eigenvalue weighted by molar-refractivity contribution is 5.67. The second-order valence-electron chi connectivity index (χ2n) is 8.81. The summed E-state index contributed by atoms with van der Waals surface area (Å²) in [5.74, 6) is -1.47. The molecule has 0 saturated carbocycles. The molecule has 0 spiro atoms. The van der Waals surface area contributed by atoms with Crippen LogP contribution in [0.3, 0.4) is 0 Å². The van der Waals surface area contributed by atoms with Gasteiger partial charge in [0.2, 0.25) is 6.29 Å². The molecule has 0 aromatic heterocycles. The number of ether oxygens (including phenoxy) is 4. The molecule has 2 rings (SSSR count). The highest BCUT2D eigenvalue weighted by Gasteiger charge is 2.42. The Balaban J connectivity index is 2.39. The lowest BCUT2D eigenvalue weighted by Crippen LogP contribution is -2.41. The minimum Gasteiger partial charge on any atom is -0.462 e. The Morgan fingerprint density at radius 1 is 1.15 bits per heavy atom. The second-order valence-corrected chi connectivity index (χ2v) is 8.81. The monoisotopic (exact) mass is 460 g/mol. The first kappa shape index (κ1) is 26.4. The van der Waals surface area contributed by atoms with Gasteiger partial charge >= 0.3 is 17.9 Å². The van der Waals surface area contributed by atoms with Gasteiger partial charge in [0.1, 0.15) is 12.7 Å². The first-order valence-electron chi connectivity index (χ1n) is 11.4. The van der Waals surface area contributed by atoms with Crippen molar-refractivity contribution in [3.8, 4) is 0 Å². The average Bonchev–Trinajstić information content (AvgIpc) is 2.79. The summed E-state index contributed by atoms with van der Waals surface area (Å²) >= 11 is 0. The molecule has 0 amide bonds. The summed E-state index contributed by atoms with van der Waals surface area (Å²) in [6, 6.07) is 0. The molecule has 1 heterocycles. The van der Waals surface area contributed by atoms with Gasteiger partial charge in [0, 0.05) is 38.7 Å². The molecule has 33 heavy (non-hydrogen) atoms. The number of carbonyl (C=O) groups is 3. The summed E-state index contributed by atoms with van der Waals surface area (Å²) in [5.41, 5.74) is 3.93. The van der Waals surface area contributed by atoms with Crippen molar-refractivity contribution in [1.82, 2.24) is 0 Å². The van der Waals surface area contributed by atoms with Gasteiger partial charge in [0.25, 0.3) is 0 Å². The lowest BCUT2D eigenvalue weighted by atomic mass is 9.74. The van der Waals surface area contributed by atoms with Crippen LogP contribution in [0.4, 0.5) is 0 Å². The van der Waals surface area contributed by atoms with Crippen molar-refractivity contribution in [2.75, 3.05) is 6.61 Å². The van der Waals surface area contributed by atoms with E-state index >= 15 is 0 Å². The zero-order valence-corrected chi connectivity index (χ0v) is 20.3. The minimum atomic E-state index is -0.763. The fraction of sp³-hybridized carbons (Fsp3) is 0.577. The van der Waals surface area contributed by atoms with E-state index in [1.165, 1.54) is 26.3 Å². The highest BCUT2D eigenvalue weighted by atomic mass is 16.7. The second kappa shape index (κ2) is 12.4. The van der Waals surface area contributed by atoms with Crippen LogP contribution in [-0.4, -0.2) is 36.9 Å². The molecule has 0 fully saturated rings. The van der Waals surface area contributed by atoms with E-state index in [4.69, 9.17) is 18.9 Å². The molecule has 182 valence electrons. The molecule has 2 aliphatic rings. The van der Waals surface area contributed by atoms with Gasteiger partial charge < -0.3 is 18.9 Å². The summed E-state index contributed by atoms with van der Waals surface area (Å²) in [7, 11) is 0. The first-order chi connectivity index (χ1) is 15.6. The Kier molecular flexibility index (Phi) is 9.95. The van der Waals surface area contributed by atoms with Gasteiger partial charge in [-0.15, -0.1) is 0 Å². The predicted octanol–water partition coefficient (Wildman–Crippen LogP) is 4.93. The summed E-state index contributed by atoms with van der Waals surface area (Å²) in [5, 5.41) is 0. The topological polar surface area (TPSA) is 88.1 Å². The van der Waals surface area contributed by atoms with E-state index in [1.807, 2.05) is 13.0 Å². The van der Waals surface area contributed by atoms with E-state index in [0.717, 1.165) is 42.4 Å². The molecule has 0 aromatic rings. The molecule has 0 N–H and O–H groups in total. The van der Waals surface area contributed by atoms with Crippen LogP contribution < -0.4 is 0 Å². The summed E-state index contributed by atoms with van der Waals surface area (Å²) in [6.45, 7) is 12.5. The predicted molar refractivity (Wildman–Crippen MR) is 124 cm³/mol. The summed E-state index contributed by atoms with van der Waals surface area (Å²) in [4.78, 5) is 34.8. The van der Waals surface area contributed by atoms with Crippen molar-refractivity contribution >= 4 is 17.9 Å². The van der Waals surface area contributed by atoms with Gasteiger partial charge in [-0.1, -0.05) is 29.9 Å². The van der Waals surface area contributed by atoms with Crippen LogP contribution in [0, 0.1) is 11.8 Å². The molecule has 1 aliphatic carbocycles. The van der Waals surface area contributed by atoms with Gasteiger partial charge in [-0.05, 0) is 45.1 Å². The van der Waals surface area contributed by atoms with Gasteiger partial charge in [-0.2, -0.15) is 0 Å². The molecular weight excluding hydrogens is 424 g/mol. The van der Waals surface area contributed by atoms with Crippen molar-refractivity contribution in [2.24, 2.45) is 11.8 Å². The maximum Gasteiger partial charge on any atom is 0.305 e. The summed E-state index contributed by atoms with van der Waals surface area (Å²) < 4.78 is 22.1. The van der Waals surface area contributed by atoms with Gasteiger partial charge in [-0.3, -0.25) is 14.4 Å². The molecule has 0 unspecified atom stereocenters. The Morgan fingerprint density at radius 3 is 2.52 bits per heavy atom. The van der Waals surface area contributed by atoms with Crippen LogP contribution in [0.25, 0.3) is 0 Å². The van der Waals surface area contributed by atoms with Crippen LogP contribution in [0.2, 0.25) is 0 Å². The van der Waals surface area contributed by atoms with Crippen LogP contribution in [0.15, 0.2) is 47.3 Å². The number of esters is 3. The normalized spacial score (nSPS) is 26.0. The molecule has 4 atom stereocenters. The average molecular weight is 461 g/mol. The van der Waals surface area contributed by atoms with Crippen LogP contribution >= 0.6 is 0 Å². The molecule has 7 nitrogen and oxygen atoms in total. The molecule has 0 aromatic carbocycles. The van der Waals surface area contributed by atoms with Gasteiger partial charge in [0.05, 0.1) is 12.2 Å². The van der Waals surface area contributed by atoms with E-state index in [1.54, 1.807) is 6.26 Å². The van der Waals surface area contributed by atoms with Crippen molar-refractivity contribution < 1.29 is 33.3 Å². The number of carbonyl (C=O) groups excluding carboxylic acids is 3. The SMILES string of the molecule is C=C1CC/C=C(\C)CC[C@@H]2C([C@@H](C/C=C(\C)COC(C)=O)OC(C)=O)=CO[C@H](OC(C)=O)[C@@H]12. The third-order valence-electron chi connectivity index (χ3n) is 5.92. The fourth-order valence-electron chi connectivity index (χ4n) is 4.31. The fourth-order valence-corrected chi connectivity index (χ4v) is 4.31. The van der Waals surface area contributed by atoms with E-state index in [2.05, 4.69) is 19.6 Å². The van der Waals surface area contributed by atoms with Gasteiger partial charge in [0.15, 0.2) is 0 Å². The Bertz CT molecular complexity index is 849. The first-order valence-corrected chi connectivity index (χ1v) is 11.4. The molecular formula is C26H36O7. The maximum atomic E-state index is 11.9. The lowest BCUT2D eigenvalue weighted by Gasteiger charge is -2.40. The highest BCUT2D eigenvalue weighted by Crippen LogP contribution is 2.43. The van der Waals surface area contributed by atoms with Crippen molar-refractivity contribution in [1.29, 1.82) is 0 Å². The third-order valence-corrected chi connectivity index (χ3v) is 5.92. The number of fused-ring (bicyclic) bond motifs is 1. The number of rotatable bonds is 7. The van der Waals surface area contributed by atoms with Crippen molar-refractivity contribution in [2.45, 2.75) is 79.1 Å². The zero-order valence-electron chi connectivity index (χ0n) is 20.3. The smallest absolute Gasteiger partial charge is 0.305 e. The number of hydrogen-bond donors (Lipinski definition) is 0. The van der Waals surface area contributed by atoms with Crippen LogP contribution in [0.1, 0.15) is 66.7 Å². The lowest BCUT2D eigenvalue weighted by molar-refractivity contribution is -0.181. The summed E-state index contributed by atoms with van der Waals surface area (Å²) in [6.07, 6.45) is 8.07. The zero-order chi connectivity index (χ0) is 24.5. The van der Waals surface area contributed by atoms with Crippen LogP contribution in [-0.2, 0) is 33.3 Å². The quantitative estimate of drug-likeness (QED) is 0.302. The Labute approximate surface area is 196 Å². The maximum absolute atomic E-state index is 11.9.